The number of hydrogen-bond acceptors (Lipinski definition) is 3. The van der Waals surface area contributed by atoms with Gasteiger partial charge in [-0.15, -0.1) is 0 Å². The highest BCUT2D eigenvalue weighted by Crippen LogP contribution is 2.39. The molecule has 0 aromatic heterocycles. The number of likely N-dealkylation sites (N-methyl/N-ethyl adjacent to an activating group) is 3. The molecule has 0 aromatic rings. The highest BCUT2D eigenvalue weighted by atomic mass is 15.2. The zero-order valence-corrected chi connectivity index (χ0v) is 14.3. The van der Waals surface area contributed by atoms with Crippen LogP contribution in [-0.2, 0) is 0 Å². The van der Waals surface area contributed by atoms with Gasteiger partial charge in [0, 0.05) is 24.7 Å². The maximum Gasteiger partial charge on any atom is 0.0274 e. The molecular formula is C17H35N3. The molecule has 2 aliphatic rings. The third kappa shape index (κ3) is 3.37. The van der Waals surface area contributed by atoms with E-state index in [1.807, 2.05) is 0 Å². The fraction of sp³-hybridized carbons (Fsp3) is 1.00. The first-order chi connectivity index (χ1) is 9.49. The van der Waals surface area contributed by atoms with E-state index in [0.717, 1.165) is 12.6 Å². The monoisotopic (exact) mass is 281 g/mol. The highest BCUT2D eigenvalue weighted by Gasteiger charge is 2.43. The van der Waals surface area contributed by atoms with Crippen LogP contribution in [-0.4, -0.2) is 61.2 Å². The minimum Gasteiger partial charge on any atom is -0.312 e. The van der Waals surface area contributed by atoms with E-state index in [0.29, 0.717) is 17.5 Å². The first-order valence-electron chi connectivity index (χ1n) is 8.67. The van der Waals surface area contributed by atoms with Crippen molar-refractivity contribution in [3.05, 3.63) is 0 Å². The molecule has 1 saturated heterocycles. The van der Waals surface area contributed by atoms with Crippen molar-refractivity contribution >= 4 is 0 Å². The lowest BCUT2D eigenvalue weighted by molar-refractivity contribution is 0.132. The van der Waals surface area contributed by atoms with E-state index < -0.39 is 0 Å². The van der Waals surface area contributed by atoms with E-state index in [2.05, 4.69) is 49.9 Å². The van der Waals surface area contributed by atoms with Crippen molar-refractivity contribution in [2.45, 2.75) is 71.5 Å². The number of nitrogens with one attached hydrogen (secondary N) is 1. The SMILES string of the molecule is CCNC1C(N(C)CC2CCCN2CC)CCC1(C)C. The van der Waals surface area contributed by atoms with Gasteiger partial charge in [-0.2, -0.15) is 0 Å². The Bertz CT molecular complexity index is 303. The van der Waals surface area contributed by atoms with Gasteiger partial charge in [0.25, 0.3) is 0 Å². The molecule has 0 spiro atoms. The van der Waals surface area contributed by atoms with Crippen LogP contribution < -0.4 is 5.32 Å². The smallest absolute Gasteiger partial charge is 0.0274 e. The Kier molecular flexibility index (Phi) is 5.49. The van der Waals surface area contributed by atoms with Crippen LogP contribution in [0.4, 0.5) is 0 Å². The molecule has 2 fully saturated rings. The molecule has 2 rings (SSSR count). The van der Waals surface area contributed by atoms with Crippen LogP contribution in [0.15, 0.2) is 0 Å². The van der Waals surface area contributed by atoms with Gasteiger partial charge >= 0.3 is 0 Å². The Morgan fingerprint density at radius 2 is 2.00 bits per heavy atom. The van der Waals surface area contributed by atoms with Crippen molar-refractivity contribution < 1.29 is 0 Å². The molecule has 3 heteroatoms. The Balaban J connectivity index is 1.96. The van der Waals surface area contributed by atoms with Gasteiger partial charge in [0.2, 0.25) is 0 Å². The zero-order valence-electron chi connectivity index (χ0n) is 14.3. The van der Waals surface area contributed by atoms with E-state index in [1.165, 1.54) is 45.3 Å². The molecule has 1 N–H and O–H groups in total. The van der Waals surface area contributed by atoms with Gasteiger partial charge < -0.3 is 10.2 Å². The number of hydrogen-bond donors (Lipinski definition) is 1. The third-order valence-corrected chi connectivity index (χ3v) is 5.71. The lowest BCUT2D eigenvalue weighted by Crippen LogP contribution is -2.53. The van der Waals surface area contributed by atoms with Gasteiger partial charge in [-0.1, -0.05) is 27.7 Å². The molecule has 3 atom stereocenters. The normalized spacial score (nSPS) is 34.2. The van der Waals surface area contributed by atoms with Crippen molar-refractivity contribution in [1.82, 2.24) is 15.1 Å². The lowest BCUT2D eigenvalue weighted by Gasteiger charge is -2.38. The first-order valence-corrected chi connectivity index (χ1v) is 8.67. The summed E-state index contributed by atoms with van der Waals surface area (Å²) in [6.07, 6.45) is 5.47. The first kappa shape index (κ1) is 16.3. The summed E-state index contributed by atoms with van der Waals surface area (Å²) >= 11 is 0. The van der Waals surface area contributed by atoms with Gasteiger partial charge in [0.15, 0.2) is 0 Å². The van der Waals surface area contributed by atoms with E-state index in [9.17, 15) is 0 Å². The summed E-state index contributed by atoms with van der Waals surface area (Å²) < 4.78 is 0. The Labute approximate surface area is 126 Å². The minimum absolute atomic E-state index is 0.440. The number of likely N-dealkylation sites (tertiary alicyclic amines) is 1. The second-order valence-corrected chi connectivity index (χ2v) is 7.49. The van der Waals surface area contributed by atoms with E-state index in [1.54, 1.807) is 0 Å². The van der Waals surface area contributed by atoms with E-state index in [4.69, 9.17) is 0 Å². The lowest BCUT2D eigenvalue weighted by atomic mass is 9.86. The summed E-state index contributed by atoms with van der Waals surface area (Å²) in [6, 6.07) is 2.15. The molecule has 0 aromatic carbocycles. The third-order valence-electron chi connectivity index (χ3n) is 5.71. The van der Waals surface area contributed by atoms with Crippen LogP contribution in [0, 0.1) is 5.41 Å². The highest BCUT2D eigenvalue weighted by molar-refractivity contribution is 5.01. The molecule has 1 aliphatic heterocycles. The Morgan fingerprint density at radius 3 is 2.65 bits per heavy atom. The molecule has 1 saturated carbocycles. The molecule has 0 radical (unpaired) electrons. The standard InChI is InChI=1S/C17H35N3/c1-6-18-16-15(10-11-17(16,3)4)19(5)13-14-9-8-12-20(14)7-2/h14-16,18H,6-13H2,1-5H3. The Hall–Kier alpha value is -0.120. The van der Waals surface area contributed by atoms with Crippen molar-refractivity contribution in [1.29, 1.82) is 0 Å². The van der Waals surface area contributed by atoms with Crippen molar-refractivity contribution in [3.63, 3.8) is 0 Å². The summed E-state index contributed by atoms with van der Waals surface area (Å²) in [4.78, 5) is 5.32. The summed E-state index contributed by atoms with van der Waals surface area (Å²) in [6.45, 7) is 14.3. The summed E-state index contributed by atoms with van der Waals surface area (Å²) in [5.41, 5.74) is 0.440. The van der Waals surface area contributed by atoms with Crippen molar-refractivity contribution in [2.75, 3.05) is 33.2 Å². The molecular weight excluding hydrogens is 246 g/mol. The van der Waals surface area contributed by atoms with Crippen LogP contribution in [0.3, 0.4) is 0 Å². The van der Waals surface area contributed by atoms with Crippen LogP contribution in [0.2, 0.25) is 0 Å². The fourth-order valence-corrected chi connectivity index (χ4v) is 4.46. The quantitative estimate of drug-likeness (QED) is 0.807. The van der Waals surface area contributed by atoms with Gasteiger partial charge in [-0.05, 0) is 57.8 Å². The van der Waals surface area contributed by atoms with Gasteiger partial charge in [-0.3, -0.25) is 4.90 Å². The molecule has 3 unspecified atom stereocenters. The molecule has 0 bridgehead atoms. The molecule has 118 valence electrons. The summed E-state index contributed by atoms with van der Waals surface area (Å²) in [5, 5.41) is 3.76. The van der Waals surface area contributed by atoms with Gasteiger partial charge in [0.05, 0.1) is 0 Å². The number of rotatable bonds is 6. The maximum absolute atomic E-state index is 3.76. The second-order valence-electron chi connectivity index (χ2n) is 7.49. The van der Waals surface area contributed by atoms with Crippen LogP contribution >= 0.6 is 0 Å². The topological polar surface area (TPSA) is 18.5 Å². The summed E-state index contributed by atoms with van der Waals surface area (Å²) in [7, 11) is 2.35. The summed E-state index contributed by atoms with van der Waals surface area (Å²) in [5.74, 6) is 0. The maximum atomic E-state index is 3.76. The average molecular weight is 281 g/mol. The van der Waals surface area contributed by atoms with Gasteiger partial charge in [0.1, 0.15) is 0 Å². The second kappa shape index (κ2) is 6.76. The molecule has 1 heterocycles. The van der Waals surface area contributed by atoms with E-state index >= 15 is 0 Å². The largest absolute Gasteiger partial charge is 0.312 e. The Morgan fingerprint density at radius 1 is 1.25 bits per heavy atom. The average Bonchev–Trinajstić information content (AvgIpc) is 2.95. The fourth-order valence-electron chi connectivity index (χ4n) is 4.46. The van der Waals surface area contributed by atoms with Gasteiger partial charge in [-0.25, -0.2) is 0 Å². The zero-order chi connectivity index (χ0) is 14.8. The van der Waals surface area contributed by atoms with Crippen molar-refractivity contribution in [3.8, 4) is 0 Å². The molecule has 20 heavy (non-hydrogen) atoms. The minimum atomic E-state index is 0.440. The molecule has 3 nitrogen and oxygen atoms in total. The molecule has 0 amide bonds. The molecule has 1 aliphatic carbocycles. The van der Waals surface area contributed by atoms with Crippen LogP contribution in [0.25, 0.3) is 0 Å². The number of nitrogens with zero attached hydrogens (tertiary/aromatic N) is 2. The van der Waals surface area contributed by atoms with Crippen LogP contribution in [0.1, 0.15) is 53.4 Å². The predicted molar refractivity (Wildman–Crippen MR) is 87.2 cm³/mol. The van der Waals surface area contributed by atoms with Crippen molar-refractivity contribution in [2.24, 2.45) is 5.41 Å². The van der Waals surface area contributed by atoms with E-state index in [-0.39, 0.29) is 0 Å². The predicted octanol–water partition coefficient (Wildman–Crippen LogP) is 2.57. The van der Waals surface area contributed by atoms with Crippen LogP contribution in [0.5, 0.6) is 0 Å².